The molecule has 1 atom stereocenters. The summed E-state index contributed by atoms with van der Waals surface area (Å²) in [6.45, 7) is 5.39. The fraction of sp³-hybridized carbons (Fsp3) is 0.500. The summed E-state index contributed by atoms with van der Waals surface area (Å²) in [5, 5.41) is 22.4. The van der Waals surface area contributed by atoms with Crippen LogP contribution in [-0.2, 0) is 0 Å². The molecule has 1 heterocycles. The van der Waals surface area contributed by atoms with Crippen molar-refractivity contribution in [1.82, 2.24) is 10.2 Å². The lowest BCUT2D eigenvalue weighted by Crippen LogP contribution is -2.45. The average molecular weight is 263 g/mol. The van der Waals surface area contributed by atoms with Crippen LogP contribution in [0.25, 0.3) is 0 Å². The highest BCUT2D eigenvalue weighted by Crippen LogP contribution is 2.35. The number of phenolic OH excluding ortho intramolecular Hbond substituents is 1. The number of hydrogen-bond donors (Lipinski definition) is 2. The Labute approximate surface area is 112 Å². The smallest absolute Gasteiger partial charge is 0.165 e. The summed E-state index contributed by atoms with van der Waals surface area (Å²) in [6.07, 6.45) is 0.728. The molecule has 1 aliphatic heterocycles. The number of nitrogens with zero attached hydrogens (tertiary/aromatic N) is 2. The van der Waals surface area contributed by atoms with Gasteiger partial charge in [0.05, 0.1) is 11.6 Å². The predicted octanol–water partition coefficient (Wildman–Crippen LogP) is 1.76. The number of hydrogen-bond acceptors (Lipinski definition) is 4. The molecule has 1 aromatic carbocycles. The van der Waals surface area contributed by atoms with Crippen molar-refractivity contribution >= 4 is 0 Å². The standard InChI is InChI=1S/C14H18FN3O/c1-2-12(18-7-5-17-6-8-18)13-10(9-16)3-4-11(15)14(13)19/h3-4,12,17,19H,2,5-8H2,1H3/t12-/m1/s1. The minimum atomic E-state index is -0.664. The fourth-order valence-corrected chi connectivity index (χ4v) is 2.65. The number of piperazine rings is 1. The molecule has 2 rings (SSSR count). The third-order valence-corrected chi connectivity index (χ3v) is 3.60. The number of phenols is 1. The van der Waals surface area contributed by atoms with Crippen LogP contribution < -0.4 is 5.32 Å². The van der Waals surface area contributed by atoms with Gasteiger partial charge in [-0.2, -0.15) is 5.26 Å². The minimum Gasteiger partial charge on any atom is -0.505 e. The molecule has 0 radical (unpaired) electrons. The molecule has 0 aromatic heterocycles. The van der Waals surface area contributed by atoms with Gasteiger partial charge in [-0.15, -0.1) is 0 Å². The maximum absolute atomic E-state index is 13.6. The van der Waals surface area contributed by atoms with Crippen LogP contribution in [0.2, 0.25) is 0 Å². The van der Waals surface area contributed by atoms with E-state index < -0.39 is 5.82 Å². The summed E-state index contributed by atoms with van der Waals surface area (Å²) in [5.41, 5.74) is 0.774. The summed E-state index contributed by atoms with van der Waals surface area (Å²) in [7, 11) is 0. The van der Waals surface area contributed by atoms with Gasteiger partial charge in [-0.25, -0.2) is 4.39 Å². The van der Waals surface area contributed by atoms with Crippen molar-refractivity contribution in [1.29, 1.82) is 5.26 Å². The first kappa shape index (κ1) is 13.8. The maximum Gasteiger partial charge on any atom is 0.165 e. The molecule has 5 heteroatoms. The second-order valence-electron chi connectivity index (χ2n) is 4.68. The van der Waals surface area contributed by atoms with Gasteiger partial charge in [0.2, 0.25) is 0 Å². The van der Waals surface area contributed by atoms with Gasteiger partial charge in [0, 0.05) is 37.8 Å². The summed E-state index contributed by atoms with van der Waals surface area (Å²) in [6, 6.07) is 4.51. The lowest BCUT2D eigenvalue weighted by molar-refractivity contribution is 0.166. The molecular formula is C14H18FN3O. The van der Waals surface area contributed by atoms with Crippen molar-refractivity contribution < 1.29 is 9.50 Å². The third-order valence-electron chi connectivity index (χ3n) is 3.60. The van der Waals surface area contributed by atoms with Crippen LogP contribution in [0.1, 0.15) is 30.5 Å². The van der Waals surface area contributed by atoms with Gasteiger partial charge in [-0.3, -0.25) is 4.90 Å². The number of nitrogens with one attached hydrogen (secondary N) is 1. The van der Waals surface area contributed by atoms with E-state index in [9.17, 15) is 9.50 Å². The zero-order valence-corrected chi connectivity index (χ0v) is 11.0. The SMILES string of the molecule is CC[C@H](c1c(C#N)ccc(F)c1O)N1CCNCC1. The fourth-order valence-electron chi connectivity index (χ4n) is 2.65. The van der Waals surface area contributed by atoms with E-state index in [0.717, 1.165) is 38.7 Å². The molecular weight excluding hydrogens is 245 g/mol. The van der Waals surface area contributed by atoms with Crippen LogP contribution in [-0.4, -0.2) is 36.2 Å². The zero-order valence-electron chi connectivity index (χ0n) is 11.0. The van der Waals surface area contributed by atoms with Crippen LogP contribution in [0, 0.1) is 17.1 Å². The highest BCUT2D eigenvalue weighted by Gasteiger charge is 2.26. The molecule has 0 bridgehead atoms. The Morgan fingerprint density at radius 3 is 2.74 bits per heavy atom. The Hall–Kier alpha value is -1.64. The molecule has 1 aromatic rings. The van der Waals surface area contributed by atoms with Gasteiger partial charge in [0.15, 0.2) is 11.6 Å². The number of rotatable bonds is 3. The Bertz CT molecular complexity index is 492. The lowest BCUT2D eigenvalue weighted by atomic mass is 9.95. The van der Waals surface area contributed by atoms with Crippen LogP contribution >= 0.6 is 0 Å². The summed E-state index contributed by atoms with van der Waals surface area (Å²) in [4.78, 5) is 2.19. The normalized spacial score (nSPS) is 17.9. The quantitative estimate of drug-likeness (QED) is 0.872. The molecule has 0 unspecified atom stereocenters. The van der Waals surface area contributed by atoms with Crippen LogP contribution in [0.15, 0.2) is 12.1 Å². The summed E-state index contributed by atoms with van der Waals surface area (Å²) in [5.74, 6) is -1.05. The van der Waals surface area contributed by atoms with E-state index in [0.29, 0.717) is 11.1 Å². The van der Waals surface area contributed by atoms with Gasteiger partial charge in [-0.05, 0) is 18.6 Å². The van der Waals surface area contributed by atoms with E-state index in [1.54, 1.807) is 0 Å². The molecule has 1 fully saturated rings. The van der Waals surface area contributed by atoms with Gasteiger partial charge in [-0.1, -0.05) is 6.92 Å². The maximum atomic E-state index is 13.6. The Morgan fingerprint density at radius 1 is 1.47 bits per heavy atom. The molecule has 0 amide bonds. The second kappa shape index (κ2) is 6.00. The first-order valence-corrected chi connectivity index (χ1v) is 6.55. The highest BCUT2D eigenvalue weighted by atomic mass is 19.1. The van der Waals surface area contributed by atoms with Gasteiger partial charge in [0.1, 0.15) is 0 Å². The predicted molar refractivity (Wildman–Crippen MR) is 70.3 cm³/mol. The van der Waals surface area contributed by atoms with E-state index in [4.69, 9.17) is 5.26 Å². The summed E-state index contributed by atoms with van der Waals surface area (Å²) < 4.78 is 13.6. The molecule has 0 saturated carbocycles. The molecule has 0 spiro atoms. The molecule has 0 aliphatic carbocycles. The van der Waals surface area contributed by atoms with E-state index in [2.05, 4.69) is 10.2 Å². The highest BCUT2D eigenvalue weighted by molar-refractivity contribution is 5.48. The van der Waals surface area contributed by atoms with Crippen molar-refractivity contribution in [2.24, 2.45) is 0 Å². The van der Waals surface area contributed by atoms with Crippen molar-refractivity contribution in [3.63, 3.8) is 0 Å². The van der Waals surface area contributed by atoms with Crippen molar-refractivity contribution in [3.05, 3.63) is 29.1 Å². The largest absolute Gasteiger partial charge is 0.505 e. The molecule has 1 saturated heterocycles. The van der Waals surface area contributed by atoms with E-state index in [1.165, 1.54) is 6.07 Å². The number of halogens is 1. The number of nitriles is 1. The number of aromatic hydroxyl groups is 1. The minimum absolute atomic E-state index is 0.118. The van der Waals surface area contributed by atoms with Crippen LogP contribution in [0.4, 0.5) is 4.39 Å². The van der Waals surface area contributed by atoms with Crippen molar-refractivity contribution in [3.8, 4) is 11.8 Å². The monoisotopic (exact) mass is 263 g/mol. The van der Waals surface area contributed by atoms with Gasteiger partial charge in [0.25, 0.3) is 0 Å². The van der Waals surface area contributed by atoms with Crippen LogP contribution in [0.3, 0.4) is 0 Å². The van der Waals surface area contributed by atoms with Crippen molar-refractivity contribution in [2.45, 2.75) is 19.4 Å². The van der Waals surface area contributed by atoms with Crippen LogP contribution in [0.5, 0.6) is 5.75 Å². The first-order valence-electron chi connectivity index (χ1n) is 6.55. The molecule has 4 nitrogen and oxygen atoms in total. The van der Waals surface area contributed by atoms with Gasteiger partial charge < -0.3 is 10.4 Å². The number of benzene rings is 1. The lowest BCUT2D eigenvalue weighted by Gasteiger charge is -2.35. The zero-order chi connectivity index (χ0) is 13.8. The third kappa shape index (κ3) is 2.70. The molecule has 19 heavy (non-hydrogen) atoms. The Kier molecular flexibility index (Phi) is 4.35. The Balaban J connectivity index is 2.42. The summed E-state index contributed by atoms with van der Waals surface area (Å²) >= 11 is 0. The second-order valence-corrected chi connectivity index (χ2v) is 4.68. The molecule has 2 N–H and O–H groups in total. The van der Waals surface area contributed by atoms with E-state index in [-0.39, 0.29) is 11.8 Å². The van der Waals surface area contributed by atoms with Crippen molar-refractivity contribution in [2.75, 3.05) is 26.2 Å². The Morgan fingerprint density at radius 2 is 2.16 bits per heavy atom. The van der Waals surface area contributed by atoms with Gasteiger partial charge >= 0.3 is 0 Å². The average Bonchev–Trinajstić information content (AvgIpc) is 2.45. The molecule has 102 valence electrons. The first-order chi connectivity index (χ1) is 9.19. The van der Waals surface area contributed by atoms with E-state index >= 15 is 0 Å². The topological polar surface area (TPSA) is 59.3 Å². The van der Waals surface area contributed by atoms with E-state index in [1.807, 2.05) is 13.0 Å². The molecule has 1 aliphatic rings.